The first-order valence-electron chi connectivity index (χ1n) is 10.9. The molecule has 1 aliphatic heterocycles. The number of fused-ring (bicyclic) bond motifs is 1. The van der Waals surface area contributed by atoms with E-state index in [0.29, 0.717) is 5.56 Å². The minimum Gasteiger partial charge on any atom is -0.355 e. The van der Waals surface area contributed by atoms with Crippen LogP contribution in [0.5, 0.6) is 0 Å². The molecule has 2 aromatic heterocycles. The Kier molecular flexibility index (Phi) is 5.45. The number of rotatable bonds is 4. The largest absolute Gasteiger partial charge is 0.355 e. The number of hydrogen-bond donors (Lipinski definition) is 0. The average molecular weight is 421 g/mol. The Hall–Kier alpha value is -3.88. The lowest BCUT2D eigenvalue weighted by atomic mass is 10.1. The normalized spacial score (nSPS) is 14.4. The third-order valence-corrected chi connectivity index (χ3v) is 6.12. The van der Waals surface area contributed by atoms with Gasteiger partial charge in [0.05, 0.1) is 17.1 Å². The number of hydrogen-bond acceptors (Lipinski definition) is 4. The molecule has 32 heavy (non-hydrogen) atoms. The molecular weight excluding hydrogens is 396 g/mol. The molecule has 0 aliphatic carbocycles. The maximum atomic E-state index is 12.0. The zero-order chi connectivity index (χ0) is 21.9. The van der Waals surface area contributed by atoms with Crippen LogP contribution in [0.2, 0.25) is 0 Å². The van der Waals surface area contributed by atoms with Crippen molar-refractivity contribution in [3.8, 4) is 17.2 Å². The summed E-state index contributed by atoms with van der Waals surface area (Å²) in [7, 11) is 0. The van der Waals surface area contributed by atoms with Crippen molar-refractivity contribution >= 4 is 11.3 Å². The molecule has 0 amide bonds. The lowest BCUT2D eigenvalue weighted by Crippen LogP contribution is -2.46. The Labute approximate surface area is 187 Å². The van der Waals surface area contributed by atoms with Gasteiger partial charge in [0.1, 0.15) is 5.82 Å². The van der Waals surface area contributed by atoms with Gasteiger partial charge in [-0.15, -0.1) is 0 Å². The van der Waals surface area contributed by atoms with Crippen molar-refractivity contribution < 1.29 is 0 Å². The lowest BCUT2D eigenvalue weighted by molar-refractivity contribution is 0.249. The zero-order valence-electron chi connectivity index (χ0n) is 17.8. The molecular formula is C27H24N4O. The fourth-order valence-electron chi connectivity index (χ4n) is 4.39. The van der Waals surface area contributed by atoms with Crippen LogP contribution in [0.3, 0.4) is 0 Å². The highest BCUT2D eigenvalue weighted by Crippen LogP contribution is 2.32. The first-order chi connectivity index (χ1) is 15.7. The molecule has 0 N–H and O–H groups in total. The van der Waals surface area contributed by atoms with Crippen LogP contribution in [-0.4, -0.2) is 35.5 Å². The van der Waals surface area contributed by atoms with Crippen molar-refractivity contribution in [2.45, 2.75) is 6.54 Å². The summed E-state index contributed by atoms with van der Waals surface area (Å²) in [5.74, 6) is 1.12. The van der Waals surface area contributed by atoms with Gasteiger partial charge in [-0.2, -0.15) is 5.26 Å². The van der Waals surface area contributed by atoms with Gasteiger partial charge in [0.2, 0.25) is 0 Å². The van der Waals surface area contributed by atoms with Gasteiger partial charge in [-0.25, -0.2) is 0 Å². The van der Waals surface area contributed by atoms with Crippen molar-refractivity contribution in [2.24, 2.45) is 0 Å². The van der Waals surface area contributed by atoms with E-state index in [9.17, 15) is 4.79 Å². The van der Waals surface area contributed by atoms with E-state index in [1.165, 1.54) is 5.56 Å². The van der Waals surface area contributed by atoms with Gasteiger partial charge in [-0.1, -0.05) is 42.5 Å². The van der Waals surface area contributed by atoms with Crippen LogP contribution in [0.25, 0.3) is 16.6 Å². The van der Waals surface area contributed by atoms with Crippen LogP contribution in [0, 0.1) is 11.3 Å². The van der Waals surface area contributed by atoms with Crippen molar-refractivity contribution in [2.75, 3.05) is 31.1 Å². The molecule has 1 aliphatic rings. The van der Waals surface area contributed by atoms with Gasteiger partial charge in [-0.05, 0) is 41.5 Å². The van der Waals surface area contributed by atoms with Crippen LogP contribution in [0.4, 0.5) is 5.82 Å². The number of nitrogens with zero attached hydrogens (tertiary/aromatic N) is 4. The fraction of sp³-hybridized carbons (Fsp3) is 0.185. The number of aromatic nitrogens is 1. The van der Waals surface area contributed by atoms with Crippen LogP contribution < -0.4 is 10.3 Å². The minimum absolute atomic E-state index is 0.00546. The summed E-state index contributed by atoms with van der Waals surface area (Å²) < 4.78 is 2.14. The van der Waals surface area contributed by atoms with Crippen molar-refractivity contribution in [3.63, 3.8) is 0 Å². The van der Waals surface area contributed by atoms with Crippen LogP contribution in [0.1, 0.15) is 11.1 Å². The Bertz CT molecular complexity index is 1330. The van der Waals surface area contributed by atoms with Gasteiger partial charge in [0.25, 0.3) is 0 Å². The molecule has 0 bridgehead atoms. The monoisotopic (exact) mass is 420 g/mol. The summed E-state index contributed by atoms with van der Waals surface area (Å²) in [6, 6.07) is 27.8. The van der Waals surface area contributed by atoms with Gasteiger partial charge in [-0.3, -0.25) is 9.69 Å². The molecule has 5 rings (SSSR count). The van der Waals surface area contributed by atoms with E-state index < -0.39 is 0 Å². The number of nitriles is 1. The summed E-state index contributed by atoms with van der Waals surface area (Å²) in [4.78, 5) is 16.9. The van der Waals surface area contributed by atoms with Crippen molar-refractivity contribution in [1.29, 1.82) is 5.26 Å². The van der Waals surface area contributed by atoms with Crippen molar-refractivity contribution in [3.05, 3.63) is 106 Å². The van der Waals surface area contributed by atoms with Crippen LogP contribution in [-0.2, 0) is 6.54 Å². The molecule has 5 heteroatoms. The molecule has 1 fully saturated rings. The second-order valence-corrected chi connectivity index (χ2v) is 8.16. The minimum atomic E-state index is 0.00546. The van der Waals surface area contributed by atoms with Gasteiger partial charge >= 0.3 is 0 Å². The highest BCUT2D eigenvalue weighted by atomic mass is 16.1. The summed E-state index contributed by atoms with van der Waals surface area (Å²) in [6.07, 6.45) is 1.89. The molecule has 1 saturated heterocycles. The van der Waals surface area contributed by atoms with Gasteiger partial charge in [0, 0.05) is 50.6 Å². The van der Waals surface area contributed by atoms with E-state index in [-0.39, 0.29) is 5.43 Å². The van der Waals surface area contributed by atoms with Crippen LogP contribution in [0.15, 0.2) is 89.9 Å². The third kappa shape index (κ3) is 4.01. The molecule has 0 spiro atoms. The molecule has 2 aromatic carbocycles. The highest BCUT2D eigenvalue weighted by molar-refractivity contribution is 5.85. The van der Waals surface area contributed by atoms with E-state index in [2.05, 4.69) is 38.5 Å². The van der Waals surface area contributed by atoms with Gasteiger partial charge in [0.15, 0.2) is 5.43 Å². The second-order valence-electron chi connectivity index (χ2n) is 8.16. The molecule has 158 valence electrons. The molecule has 0 atom stereocenters. The Morgan fingerprint density at radius 3 is 2.31 bits per heavy atom. The molecule has 0 radical (unpaired) electrons. The van der Waals surface area contributed by atoms with Gasteiger partial charge < -0.3 is 9.30 Å². The number of benzene rings is 2. The average Bonchev–Trinajstić information content (AvgIpc) is 3.10. The van der Waals surface area contributed by atoms with E-state index in [1.54, 1.807) is 12.1 Å². The first kappa shape index (κ1) is 20.0. The Morgan fingerprint density at radius 2 is 1.59 bits per heavy atom. The fourth-order valence-corrected chi connectivity index (χ4v) is 4.39. The SMILES string of the molecule is N#Cc1ccc(CN2CCN(c3cc(-c4ccccc4)c4ccc(=O)ccn34)CC2)cc1. The van der Waals surface area contributed by atoms with E-state index in [1.807, 2.05) is 54.7 Å². The maximum Gasteiger partial charge on any atom is 0.180 e. The quantitative estimate of drug-likeness (QED) is 0.498. The summed E-state index contributed by atoms with van der Waals surface area (Å²) in [5, 5.41) is 8.98. The Morgan fingerprint density at radius 1 is 0.844 bits per heavy atom. The third-order valence-electron chi connectivity index (χ3n) is 6.12. The Balaban J connectivity index is 1.40. The predicted octanol–water partition coefficient (Wildman–Crippen LogP) is 4.16. The zero-order valence-corrected chi connectivity index (χ0v) is 17.8. The topological polar surface area (TPSA) is 51.8 Å². The molecule has 0 saturated carbocycles. The van der Waals surface area contributed by atoms with Crippen LogP contribution >= 0.6 is 0 Å². The first-order valence-corrected chi connectivity index (χ1v) is 10.9. The maximum absolute atomic E-state index is 12.0. The lowest BCUT2D eigenvalue weighted by Gasteiger charge is -2.35. The summed E-state index contributed by atoms with van der Waals surface area (Å²) in [6.45, 7) is 4.64. The predicted molar refractivity (Wildman–Crippen MR) is 128 cm³/mol. The van der Waals surface area contributed by atoms with E-state index in [4.69, 9.17) is 5.26 Å². The second kappa shape index (κ2) is 8.70. The van der Waals surface area contributed by atoms with E-state index in [0.717, 1.165) is 55.2 Å². The van der Waals surface area contributed by atoms with Crippen molar-refractivity contribution in [1.82, 2.24) is 9.30 Å². The molecule has 0 unspecified atom stereocenters. The van der Waals surface area contributed by atoms with E-state index >= 15 is 0 Å². The molecule has 4 aromatic rings. The molecule has 5 nitrogen and oxygen atoms in total. The standard InChI is InChI=1S/C27H24N4O/c28-19-21-6-8-22(9-7-21)20-29-14-16-30(17-15-29)27-18-25(23-4-2-1-3-5-23)26-11-10-24(32)12-13-31(26)27/h1-13,18H,14-17,20H2. The summed E-state index contributed by atoms with van der Waals surface area (Å²) in [5.41, 5.74) is 5.25. The smallest absolute Gasteiger partial charge is 0.180 e. The summed E-state index contributed by atoms with van der Waals surface area (Å²) >= 11 is 0. The highest BCUT2D eigenvalue weighted by Gasteiger charge is 2.21. The number of piperazine rings is 1. The molecule has 3 heterocycles. The number of anilines is 1.